The third-order valence-corrected chi connectivity index (χ3v) is 1.60. The molecule has 10 heavy (non-hydrogen) atoms. The van der Waals surface area contributed by atoms with Gasteiger partial charge in [-0.3, -0.25) is 0 Å². The Morgan fingerprint density at radius 3 is 2.60 bits per heavy atom. The number of nitrogens with two attached hydrogens (primary N) is 1. The molecule has 0 unspecified atom stereocenters. The Kier molecular flexibility index (Phi) is 2.51. The second kappa shape index (κ2) is 3.42. The maximum absolute atomic E-state index is 5.39. The van der Waals surface area contributed by atoms with Gasteiger partial charge in [-0.25, -0.2) is 0 Å². The Bertz CT molecular complexity index is 191. The second-order valence-electron chi connectivity index (χ2n) is 2.40. The minimum absolute atomic E-state index is 0.726. The smallest absolute Gasteiger partial charge is 0.0161 e. The quantitative estimate of drug-likeness (QED) is 0.644. The summed E-state index contributed by atoms with van der Waals surface area (Å²) in [6.45, 7) is 2.86. The van der Waals surface area contributed by atoms with Crippen molar-refractivity contribution in [1.82, 2.24) is 4.98 Å². The van der Waals surface area contributed by atoms with E-state index < -0.39 is 0 Å². The van der Waals surface area contributed by atoms with Crippen LogP contribution in [0.5, 0.6) is 0 Å². The number of hydrogen-bond donors (Lipinski definition) is 2. The van der Waals surface area contributed by atoms with Gasteiger partial charge < -0.3 is 10.7 Å². The van der Waals surface area contributed by atoms with E-state index in [0.717, 1.165) is 19.4 Å². The Morgan fingerprint density at radius 2 is 2.10 bits per heavy atom. The van der Waals surface area contributed by atoms with Gasteiger partial charge in [0.05, 0.1) is 0 Å². The summed E-state index contributed by atoms with van der Waals surface area (Å²) in [4.78, 5) is 3.28. The maximum atomic E-state index is 5.39. The van der Waals surface area contributed by atoms with Crippen molar-refractivity contribution in [2.45, 2.75) is 19.8 Å². The zero-order chi connectivity index (χ0) is 7.40. The minimum Gasteiger partial charge on any atom is -0.362 e. The van der Waals surface area contributed by atoms with Crippen molar-refractivity contribution in [1.29, 1.82) is 0 Å². The summed E-state index contributed by atoms with van der Waals surface area (Å²) >= 11 is 0. The van der Waals surface area contributed by atoms with Crippen LogP contribution in [-0.4, -0.2) is 11.5 Å². The molecule has 0 saturated heterocycles. The maximum Gasteiger partial charge on any atom is 0.0161 e. The molecule has 0 spiro atoms. The van der Waals surface area contributed by atoms with Crippen molar-refractivity contribution < 1.29 is 0 Å². The summed E-state index contributed by atoms with van der Waals surface area (Å²) in [5.41, 5.74) is 7.94. The van der Waals surface area contributed by atoms with Crippen molar-refractivity contribution in [2.75, 3.05) is 6.54 Å². The largest absolute Gasteiger partial charge is 0.362 e. The number of rotatable bonds is 3. The number of aromatic amines is 1. The summed E-state index contributed by atoms with van der Waals surface area (Å²) in [6, 6.07) is 4.22. The monoisotopic (exact) mass is 138 g/mol. The fourth-order valence-electron chi connectivity index (χ4n) is 0.998. The van der Waals surface area contributed by atoms with Gasteiger partial charge in [0.15, 0.2) is 0 Å². The van der Waals surface area contributed by atoms with Crippen molar-refractivity contribution in [2.24, 2.45) is 5.73 Å². The molecule has 56 valence electrons. The Hall–Kier alpha value is -0.760. The van der Waals surface area contributed by atoms with Crippen LogP contribution < -0.4 is 5.73 Å². The molecule has 0 saturated carbocycles. The predicted molar refractivity (Wildman–Crippen MR) is 42.9 cm³/mol. The average molecular weight is 138 g/mol. The molecule has 3 N–H and O–H groups in total. The zero-order valence-electron chi connectivity index (χ0n) is 6.35. The van der Waals surface area contributed by atoms with Crippen LogP contribution in [0.2, 0.25) is 0 Å². The fourth-order valence-corrected chi connectivity index (χ4v) is 0.998. The molecule has 1 aromatic rings. The molecule has 0 radical (unpaired) electrons. The Balaban J connectivity index is 2.59. The fraction of sp³-hybridized carbons (Fsp3) is 0.500. The van der Waals surface area contributed by atoms with Gasteiger partial charge >= 0.3 is 0 Å². The normalized spacial score (nSPS) is 10.2. The van der Waals surface area contributed by atoms with Crippen molar-refractivity contribution >= 4 is 0 Å². The van der Waals surface area contributed by atoms with Gasteiger partial charge in [0.1, 0.15) is 0 Å². The van der Waals surface area contributed by atoms with Gasteiger partial charge in [0.25, 0.3) is 0 Å². The number of nitrogens with one attached hydrogen (secondary N) is 1. The van der Waals surface area contributed by atoms with Crippen molar-refractivity contribution in [3.63, 3.8) is 0 Å². The van der Waals surface area contributed by atoms with Crippen LogP contribution in [0.3, 0.4) is 0 Å². The highest BCUT2D eigenvalue weighted by Gasteiger charge is 1.93. The van der Waals surface area contributed by atoms with Crippen LogP contribution in [0.1, 0.15) is 18.3 Å². The van der Waals surface area contributed by atoms with E-state index in [1.807, 2.05) is 0 Å². The standard InChI is InChI=1S/C8H14N2/c1-2-7-3-4-8(10-7)5-6-9/h3-4,10H,2,5-6,9H2,1H3. The molecule has 1 rings (SSSR count). The lowest BCUT2D eigenvalue weighted by Gasteiger charge is -1.91. The van der Waals surface area contributed by atoms with Crippen LogP contribution >= 0.6 is 0 Å². The first-order valence-electron chi connectivity index (χ1n) is 3.73. The molecule has 0 aliphatic rings. The van der Waals surface area contributed by atoms with E-state index in [-0.39, 0.29) is 0 Å². The highest BCUT2D eigenvalue weighted by atomic mass is 14.7. The van der Waals surface area contributed by atoms with Crippen LogP contribution in [-0.2, 0) is 12.8 Å². The molecular formula is C8H14N2. The van der Waals surface area contributed by atoms with E-state index in [1.165, 1.54) is 11.4 Å². The molecule has 0 aliphatic carbocycles. The number of H-pyrrole nitrogens is 1. The van der Waals surface area contributed by atoms with Crippen molar-refractivity contribution in [3.05, 3.63) is 23.5 Å². The highest BCUT2D eigenvalue weighted by molar-refractivity contribution is 5.13. The minimum atomic E-state index is 0.726. The third kappa shape index (κ3) is 1.61. The van der Waals surface area contributed by atoms with E-state index in [2.05, 4.69) is 24.0 Å². The Labute approximate surface area is 61.4 Å². The lowest BCUT2D eigenvalue weighted by atomic mass is 10.3. The van der Waals surface area contributed by atoms with E-state index >= 15 is 0 Å². The van der Waals surface area contributed by atoms with Gasteiger partial charge in [-0.2, -0.15) is 0 Å². The summed E-state index contributed by atoms with van der Waals surface area (Å²) in [5, 5.41) is 0. The van der Waals surface area contributed by atoms with Gasteiger partial charge in [0, 0.05) is 11.4 Å². The summed E-state index contributed by atoms with van der Waals surface area (Å²) in [5.74, 6) is 0. The number of hydrogen-bond acceptors (Lipinski definition) is 1. The van der Waals surface area contributed by atoms with Gasteiger partial charge in [0.2, 0.25) is 0 Å². The molecule has 0 amide bonds. The molecule has 0 bridgehead atoms. The Morgan fingerprint density at radius 1 is 1.40 bits per heavy atom. The first-order valence-corrected chi connectivity index (χ1v) is 3.73. The summed E-state index contributed by atoms with van der Waals surface area (Å²) in [6.07, 6.45) is 2.03. The lowest BCUT2D eigenvalue weighted by molar-refractivity contribution is 0.917. The van der Waals surface area contributed by atoms with Crippen LogP contribution in [0, 0.1) is 0 Å². The molecule has 0 atom stereocenters. The first-order chi connectivity index (χ1) is 4.86. The first kappa shape index (κ1) is 7.35. The molecule has 1 heterocycles. The van der Waals surface area contributed by atoms with E-state index in [0.29, 0.717) is 0 Å². The molecular weight excluding hydrogens is 124 g/mol. The number of aromatic nitrogens is 1. The van der Waals surface area contributed by atoms with Crippen LogP contribution in [0.4, 0.5) is 0 Å². The van der Waals surface area contributed by atoms with Crippen LogP contribution in [0.25, 0.3) is 0 Å². The van der Waals surface area contributed by atoms with E-state index in [4.69, 9.17) is 5.73 Å². The van der Waals surface area contributed by atoms with E-state index in [9.17, 15) is 0 Å². The third-order valence-electron chi connectivity index (χ3n) is 1.60. The van der Waals surface area contributed by atoms with Crippen LogP contribution in [0.15, 0.2) is 12.1 Å². The van der Waals surface area contributed by atoms with Gasteiger partial charge in [-0.15, -0.1) is 0 Å². The average Bonchev–Trinajstić information content (AvgIpc) is 2.37. The van der Waals surface area contributed by atoms with Gasteiger partial charge in [-0.1, -0.05) is 6.92 Å². The van der Waals surface area contributed by atoms with Gasteiger partial charge in [-0.05, 0) is 31.5 Å². The summed E-state index contributed by atoms with van der Waals surface area (Å²) < 4.78 is 0. The summed E-state index contributed by atoms with van der Waals surface area (Å²) in [7, 11) is 0. The topological polar surface area (TPSA) is 41.8 Å². The second-order valence-corrected chi connectivity index (χ2v) is 2.40. The predicted octanol–water partition coefficient (Wildman–Crippen LogP) is 1.08. The number of aryl methyl sites for hydroxylation is 1. The van der Waals surface area contributed by atoms with E-state index in [1.54, 1.807) is 0 Å². The molecule has 0 aromatic carbocycles. The molecule has 0 fully saturated rings. The molecule has 0 aliphatic heterocycles. The molecule has 2 heteroatoms. The molecule has 1 aromatic heterocycles. The lowest BCUT2D eigenvalue weighted by Crippen LogP contribution is -2.02. The van der Waals surface area contributed by atoms with Crippen molar-refractivity contribution in [3.8, 4) is 0 Å². The SMILES string of the molecule is CCc1ccc(CCN)[nH]1. The zero-order valence-corrected chi connectivity index (χ0v) is 6.35. The molecule has 2 nitrogen and oxygen atoms in total. The highest BCUT2D eigenvalue weighted by Crippen LogP contribution is 2.01.